The lowest BCUT2D eigenvalue weighted by Gasteiger charge is -2.28. The zero-order valence-corrected chi connectivity index (χ0v) is 11.3. The van der Waals surface area contributed by atoms with Gasteiger partial charge in [0.25, 0.3) is 0 Å². The van der Waals surface area contributed by atoms with E-state index in [-0.39, 0.29) is 5.92 Å². The van der Waals surface area contributed by atoms with Gasteiger partial charge in [0, 0.05) is 0 Å². The van der Waals surface area contributed by atoms with E-state index in [4.69, 9.17) is 0 Å². The summed E-state index contributed by atoms with van der Waals surface area (Å²) in [4.78, 5) is 11.3. The van der Waals surface area contributed by atoms with E-state index < -0.39 is 5.97 Å². The highest BCUT2D eigenvalue weighted by Gasteiger charge is 2.30. The van der Waals surface area contributed by atoms with Gasteiger partial charge in [-0.05, 0) is 55.7 Å². The average molecular weight is 246 g/mol. The van der Waals surface area contributed by atoms with Crippen LogP contribution in [0.15, 0.2) is 18.2 Å². The highest BCUT2D eigenvalue weighted by Crippen LogP contribution is 2.33. The molecule has 1 aromatic carbocycles. The maximum atomic E-state index is 11.3. The molecule has 2 nitrogen and oxygen atoms in total. The quantitative estimate of drug-likeness (QED) is 0.882. The molecule has 2 atom stereocenters. The third-order valence-corrected chi connectivity index (χ3v) is 4.30. The van der Waals surface area contributed by atoms with Gasteiger partial charge >= 0.3 is 5.97 Å². The first-order valence-corrected chi connectivity index (χ1v) is 6.87. The number of carbonyl (C=O) groups is 1. The second-order valence-corrected chi connectivity index (χ2v) is 5.61. The van der Waals surface area contributed by atoms with Crippen LogP contribution in [0.3, 0.4) is 0 Å². The minimum Gasteiger partial charge on any atom is -0.481 e. The van der Waals surface area contributed by atoms with Crippen LogP contribution in [-0.4, -0.2) is 11.1 Å². The van der Waals surface area contributed by atoms with Gasteiger partial charge in [-0.15, -0.1) is 0 Å². The van der Waals surface area contributed by atoms with Crippen molar-refractivity contribution in [3.05, 3.63) is 34.9 Å². The van der Waals surface area contributed by atoms with Crippen molar-refractivity contribution in [1.82, 2.24) is 0 Å². The molecule has 0 bridgehead atoms. The zero-order chi connectivity index (χ0) is 13.1. The second-order valence-electron chi connectivity index (χ2n) is 5.61. The molecule has 0 radical (unpaired) electrons. The van der Waals surface area contributed by atoms with Crippen molar-refractivity contribution < 1.29 is 9.90 Å². The summed E-state index contributed by atoms with van der Waals surface area (Å²) in [6.45, 7) is 4.23. The van der Waals surface area contributed by atoms with Gasteiger partial charge in [-0.25, -0.2) is 0 Å². The molecule has 1 saturated carbocycles. The van der Waals surface area contributed by atoms with Gasteiger partial charge in [0.1, 0.15) is 0 Å². The number of carboxylic acids is 1. The predicted octanol–water partition coefficient (Wildman–Crippen LogP) is 3.74. The normalized spacial score (nSPS) is 23.9. The molecule has 2 rings (SSSR count). The van der Waals surface area contributed by atoms with Gasteiger partial charge in [-0.2, -0.15) is 0 Å². The summed E-state index contributed by atoms with van der Waals surface area (Å²) in [5, 5.41) is 9.29. The molecule has 2 unspecified atom stereocenters. The van der Waals surface area contributed by atoms with Crippen LogP contribution in [-0.2, 0) is 11.2 Å². The molecule has 1 aromatic rings. The summed E-state index contributed by atoms with van der Waals surface area (Å²) >= 11 is 0. The molecule has 0 spiro atoms. The van der Waals surface area contributed by atoms with Crippen molar-refractivity contribution in [3.63, 3.8) is 0 Å². The Kier molecular flexibility index (Phi) is 4.05. The van der Waals surface area contributed by atoms with Crippen molar-refractivity contribution in [2.45, 2.75) is 46.0 Å². The fourth-order valence-corrected chi connectivity index (χ4v) is 3.01. The van der Waals surface area contributed by atoms with Crippen LogP contribution in [0.5, 0.6) is 0 Å². The van der Waals surface area contributed by atoms with E-state index in [1.54, 1.807) is 0 Å². The Morgan fingerprint density at radius 1 is 1.22 bits per heavy atom. The molecule has 98 valence electrons. The standard InChI is InChI=1S/C16H22O2/c1-11-7-8-13(9-12(11)2)10-14-5-3-4-6-15(14)16(17)18/h7-9,14-15H,3-6,10H2,1-2H3,(H,17,18). The number of hydrogen-bond acceptors (Lipinski definition) is 1. The molecule has 0 aromatic heterocycles. The van der Waals surface area contributed by atoms with Crippen LogP contribution in [0.1, 0.15) is 42.4 Å². The molecular weight excluding hydrogens is 224 g/mol. The lowest BCUT2D eigenvalue weighted by atomic mass is 9.76. The summed E-state index contributed by atoms with van der Waals surface area (Å²) in [6, 6.07) is 6.50. The number of aliphatic carboxylic acids is 1. The van der Waals surface area contributed by atoms with Crippen molar-refractivity contribution >= 4 is 5.97 Å². The third kappa shape index (κ3) is 2.92. The Morgan fingerprint density at radius 3 is 2.61 bits per heavy atom. The van der Waals surface area contributed by atoms with Gasteiger partial charge in [0.15, 0.2) is 0 Å². The Hall–Kier alpha value is -1.31. The van der Waals surface area contributed by atoms with Crippen LogP contribution >= 0.6 is 0 Å². The molecule has 1 aliphatic carbocycles. The summed E-state index contributed by atoms with van der Waals surface area (Å²) < 4.78 is 0. The lowest BCUT2D eigenvalue weighted by molar-refractivity contribution is -0.144. The molecule has 2 heteroatoms. The van der Waals surface area contributed by atoms with E-state index >= 15 is 0 Å². The molecule has 1 aliphatic rings. The third-order valence-electron chi connectivity index (χ3n) is 4.30. The number of benzene rings is 1. The van der Waals surface area contributed by atoms with Crippen LogP contribution in [0.25, 0.3) is 0 Å². The van der Waals surface area contributed by atoms with Crippen LogP contribution < -0.4 is 0 Å². The average Bonchev–Trinajstić information content (AvgIpc) is 2.34. The van der Waals surface area contributed by atoms with Gasteiger partial charge in [-0.1, -0.05) is 31.0 Å². The highest BCUT2D eigenvalue weighted by molar-refractivity contribution is 5.70. The van der Waals surface area contributed by atoms with Crippen LogP contribution in [0.4, 0.5) is 0 Å². The molecule has 0 saturated heterocycles. The maximum absolute atomic E-state index is 11.3. The Morgan fingerprint density at radius 2 is 1.94 bits per heavy atom. The largest absolute Gasteiger partial charge is 0.481 e. The number of aryl methyl sites for hydroxylation is 2. The van der Waals surface area contributed by atoms with E-state index in [1.807, 2.05) is 0 Å². The SMILES string of the molecule is Cc1ccc(CC2CCCCC2C(=O)O)cc1C. The number of rotatable bonds is 3. The number of carboxylic acid groups (broad SMARTS) is 1. The van der Waals surface area contributed by atoms with Crippen molar-refractivity contribution in [1.29, 1.82) is 0 Å². The molecule has 1 fully saturated rings. The van der Waals surface area contributed by atoms with E-state index in [0.717, 1.165) is 25.7 Å². The number of hydrogen-bond donors (Lipinski definition) is 1. The Balaban J connectivity index is 2.10. The van der Waals surface area contributed by atoms with Crippen LogP contribution in [0, 0.1) is 25.7 Å². The fourth-order valence-electron chi connectivity index (χ4n) is 3.01. The first-order chi connectivity index (χ1) is 8.58. The van der Waals surface area contributed by atoms with Gasteiger partial charge in [0.05, 0.1) is 5.92 Å². The Bertz CT molecular complexity index is 437. The second kappa shape index (κ2) is 5.55. The molecular formula is C16H22O2. The molecule has 0 amide bonds. The van der Waals surface area contributed by atoms with E-state index in [2.05, 4.69) is 32.0 Å². The fraction of sp³-hybridized carbons (Fsp3) is 0.562. The van der Waals surface area contributed by atoms with Gasteiger partial charge in [0.2, 0.25) is 0 Å². The first-order valence-electron chi connectivity index (χ1n) is 6.87. The van der Waals surface area contributed by atoms with Crippen molar-refractivity contribution in [3.8, 4) is 0 Å². The summed E-state index contributed by atoms with van der Waals surface area (Å²) in [5.41, 5.74) is 3.89. The minimum atomic E-state index is -0.608. The summed E-state index contributed by atoms with van der Waals surface area (Å²) in [6.07, 6.45) is 5.08. The minimum absolute atomic E-state index is 0.139. The maximum Gasteiger partial charge on any atom is 0.306 e. The van der Waals surface area contributed by atoms with Crippen molar-refractivity contribution in [2.75, 3.05) is 0 Å². The van der Waals surface area contributed by atoms with Gasteiger partial charge < -0.3 is 5.11 Å². The molecule has 1 N–H and O–H groups in total. The van der Waals surface area contributed by atoms with E-state index in [0.29, 0.717) is 5.92 Å². The van der Waals surface area contributed by atoms with Gasteiger partial charge in [-0.3, -0.25) is 4.79 Å². The van der Waals surface area contributed by atoms with E-state index in [9.17, 15) is 9.90 Å². The first kappa shape index (κ1) is 13.1. The molecule has 0 aliphatic heterocycles. The van der Waals surface area contributed by atoms with E-state index in [1.165, 1.54) is 23.1 Å². The zero-order valence-electron chi connectivity index (χ0n) is 11.3. The lowest BCUT2D eigenvalue weighted by Crippen LogP contribution is -2.28. The Labute approximate surface area is 109 Å². The highest BCUT2D eigenvalue weighted by atomic mass is 16.4. The summed E-state index contributed by atoms with van der Waals surface area (Å²) in [5.74, 6) is -0.428. The summed E-state index contributed by atoms with van der Waals surface area (Å²) in [7, 11) is 0. The molecule has 0 heterocycles. The molecule has 18 heavy (non-hydrogen) atoms. The van der Waals surface area contributed by atoms with Crippen LogP contribution in [0.2, 0.25) is 0 Å². The van der Waals surface area contributed by atoms with Crippen molar-refractivity contribution in [2.24, 2.45) is 11.8 Å². The monoisotopic (exact) mass is 246 g/mol. The predicted molar refractivity (Wildman–Crippen MR) is 72.7 cm³/mol. The smallest absolute Gasteiger partial charge is 0.306 e. The topological polar surface area (TPSA) is 37.3 Å².